The second-order valence-electron chi connectivity index (χ2n) is 3.49. The van der Waals surface area contributed by atoms with E-state index >= 15 is 0 Å². The zero-order valence-corrected chi connectivity index (χ0v) is 8.62. The average Bonchev–Trinajstić information content (AvgIpc) is 2.08. The van der Waals surface area contributed by atoms with Crippen LogP contribution in [0, 0.1) is 0 Å². The number of fused-ring (bicyclic) bond motifs is 1. The molecule has 0 atom stereocenters. The van der Waals surface area contributed by atoms with Crippen molar-refractivity contribution >= 4 is 5.91 Å². The van der Waals surface area contributed by atoms with E-state index in [1.165, 1.54) is 12.8 Å². The molecule has 2 rings (SSSR count). The fraction of sp³-hybridized carbons (Fsp3) is 0.417. The molecule has 1 aromatic carbocycles. The molecule has 1 aliphatic rings. The average molecular weight is 191 g/mol. The van der Waals surface area contributed by atoms with Gasteiger partial charge in [0, 0.05) is 6.42 Å². The Bertz CT molecular complexity index is 284. The highest BCUT2D eigenvalue weighted by Gasteiger charge is 2.09. The summed E-state index contributed by atoms with van der Waals surface area (Å²) in [7, 11) is 0. The lowest BCUT2D eigenvalue weighted by atomic mass is 9.89. The summed E-state index contributed by atoms with van der Waals surface area (Å²) >= 11 is 0. The van der Waals surface area contributed by atoms with Crippen LogP contribution < -0.4 is 5.73 Å². The van der Waals surface area contributed by atoms with Crippen LogP contribution in [0.3, 0.4) is 0 Å². The molecule has 0 saturated carbocycles. The standard InChI is InChI=1S/C8H8.C4H9NO/c1-2-4-8-6-5-7(8)3-1;1-2-3-4(5)6/h1-4H,5-6H2;2-3H2,1H3,(H2,5,6). The summed E-state index contributed by atoms with van der Waals surface area (Å²) in [6.45, 7) is 1.92. The maximum Gasteiger partial charge on any atom is 0.217 e. The first-order valence-electron chi connectivity index (χ1n) is 5.09. The molecule has 1 aliphatic carbocycles. The third kappa shape index (κ3) is 3.21. The monoisotopic (exact) mass is 191 g/mol. The predicted octanol–water partition coefficient (Wildman–Crippen LogP) is 2.06. The number of primary amides is 1. The van der Waals surface area contributed by atoms with Gasteiger partial charge >= 0.3 is 0 Å². The smallest absolute Gasteiger partial charge is 0.217 e. The van der Waals surface area contributed by atoms with Gasteiger partial charge in [-0.05, 0) is 30.4 Å². The zero-order valence-electron chi connectivity index (χ0n) is 8.62. The number of benzene rings is 1. The minimum atomic E-state index is -0.211. The third-order valence-electron chi connectivity index (χ3n) is 2.28. The number of rotatable bonds is 2. The number of nitrogens with two attached hydrogens (primary N) is 1. The number of hydrogen-bond acceptors (Lipinski definition) is 1. The maximum absolute atomic E-state index is 9.82. The van der Waals surface area contributed by atoms with Gasteiger partial charge < -0.3 is 5.73 Å². The Morgan fingerprint density at radius 3 is 1.93 bits per heavy atom. The maximum atomic E-state index is 9.82. The van der Waals surface area contributed by atoms with E-state index in [-0.39, 0.29) is 5.91 Å². The largest absolute Gasteiger partial charge is 0.370 e. The molecule has 2 heteroatoms. The topological polar surface area (TPSA) is 43.1 Å². The lowest BCUT2D eigenvalue weighted by molar-refractivity contribution is -0.118. The van der Waals surface area contributed by atoms with Crippen LogP contribution in [-0.4, -0.2) is 5.91 Å². The van der Waals surface area contributed by atoms with Crippen LogP contribution in [0.15, 0.2) is 24.3 Å². The van der Waals surface area contributed by atoms with Crippen molar-refractivity contribution in [2.24, 2.45) is 5.73 Å². The summed E-state index contributed by atoms with van der Waals surface area (Å²) < 4.78 is 0. The quantitative estimate of drug-likeness (QED) is 0.764. The Morgan fingerprint density at radius 1 is 1.29 bits per heavy atom. The Morgan fingerprint density at radius 2 is 1.79 bits per heavy atom. The minimum Gasteiger partial charge on any atom is -0.370 e. The van der Waals surface area contributed by atoms with Gasteiger partial charge in [0.05, 0.1) is 0 Å². The summed E-state index contributed by atoms with van der Waals surface area (Å²) in [5.74, 6) is -0.211. The van der Waals surface area contributed by atoms with Gasteiger partial charge in [-0.1, -0.05) is 31.2 Å². The van der Waals surface area contributed by atoms with E-state index in [2.05, 4.69) is 24.3 Å². The lowest BCUT2D eigenvalue weighted by Crippen LogP contribution is -2.08. The first kappa shape index (κ1) is 10.8. The number of carbonyl (C=O) groups excluding carboxylic acids is 1. The number of hydrogen-bond donors (Lipinski definition) is 1. The van der Waals surface area contributed by atoms with Crippen molar-refractivity contribution in [3.63, 3.8) is 0 Å². The molecule has 0 radical (unpaired) electrons. The van der Waals surface area contributed by atoms with Crippen molar-refractivity contribution in [2.75, 3.05) is 0 Å². The lowest BCUT2D eigenvalue weighted by Gasteiger charge is -2.16. The molecule has 0 fully saturated rings. The van der Waals surface area contributed by atoms with Gasteiger partial charge in [0.15, 0.2) is 0 Å². The van der Waals surface area contributed by atoms with Crippen LogP contribution in [0.4, 0.5) is 0 Å². The Hall–Kier alpha value is -1.31. The van der Waals surface area contributed by atoms with Gasteiger partial charge in [0.2, 0.25) is 5.91 Å². The van der Waals surface area contributed by atoms with E-state index in [9.17, 15) is 4.79 Å². The summed E-state index contributed by atoms with van der Waals surface area (Å²) in [6.07, 6.45) is 3.97. The number of amides is 1. The van der Waals surface area contributed by atoms with Crippen molar-refractivity contribution in [3.05, 3.63) is 35.4 Å². The first-order valence-corrected chi connectivity index (χ1v) is 5.09. The van der Waals surface area contributed by atoms with Crippen LogP contribution in [0.5, 0.6) is 0 Å². The van der Waals surface area contributed by atoms with Crippen LogP contribution >= 0.6 is 0 Å². The van der Waals surface area contributed by atoms with Crippen LogP contribution in [0.25, 0.3) is 0 Å². The Balaban J connectivity index is 0.000000149. The molecular weight excluding hydrogens is 174 g/mol. The van der Waals surface area contributed by atoms with E-state index in [4.69, 9.17) is 5.73 Å². The molecule has 0 aromatic heterocycles. The summed E-state index contributed by atoms with van der Waals surface area (Å²) in [6, 6.07) is 8.63. The molecule has 0 spiro atoms. The molecule has 14 heavy (non-hydrogen) atoms. The van der Waals surface area contributed by atoms with Crippen molar-refractivity contribution in [1.29, 1.82) is 0 Å². The fourth-order valence-electron chi connectivity index (χ4n) is 1.38. The molecular formula is C12H17NO. The Labute approximate surface area is 85.1 Å². The summed E-state index contributed by atoms with van der Waals surface area (Å²) in [5, 5.41) is 0. The van der Waals surface area contributed by atoms with Gasteiger partial charge in [-0.15, -0.1) is 0 Å². The highest BCUT2D eigenvalue weighted by molar-refractivity contribution is 5.73. The molecule has 0 unspecified atom stereocenters. The fourth-order valence-corrected chi connectivity index (χ4v) is 1.38. The first-order chi connectivity index (χ1) is 6.74. The molecule has 0 bridgehead atoms. The van der Waals surface area contributed by atoms with E-state index in [1.807, 2.05) is 6.92 Å². The number of carbonyl (C=O) groups is 1. The summed E-state index contributed by atoms with van der Waals surface area (Å²) in [4.78, 5) is 9.82. The van der Waals surface area contributed by atoms with Crippen molar-refractivity contribution in [3.8, 4) is 0 Å². The van der Waals surface area contributed by atoms with Gasteiger partial charge in [-0.2, -0.15) is 0 Å². The highest BCUT2D eigenvalue weighted by Crippen LogP contribution is 2.20. The normalized spacial score (nSPS) is 11.8. The van der Waals surface area contributed by atoms with Crippen LogP contribution in [0.2, 0.25) is 0 Å². The van der Waals surface area contributed by atoms with E-state index in [1.54, 1.807) is 11.1 Å². The van der Waals surface area contributed by atoms with E-state index < -0.39 is 0 Å². The van der Waals surface area contributed by atoms with Gasteiger partial charge in [-0.3, -0.25) is 4.79 Å². The van der Waals surface area contributed by atoms with Gasteiger partial charge in [0.1, 0.15) is 0 Å². The summed E-state index contributed by atoms with van der Waals surface area (Å²) in [5.41, 5.74) is 7.86. The molecule has 2 nitrogen and oxygen atoms in total. The second kappa shape index (κ2) is 5.43. The van der Waals surface area contributed by atoms with Gasteiger partial charge in [0.25, 0.3) is 0 Å². The predicted molar refractivity (Wildman–Crippen MR) is 58.0 cm³/mol. The zero-order chi connectivity index (χ0) is 10.4. The molecule has 1 aromatic rings. The molecule has 0 heterocycles. The van der Waals surface area contributed by atoms with E-state index in [0.717, 1.165) is 6.42 Å². The van der Waals surface area contributed by atoms with Crippen LogP contribution in [-0.2, 0) is 17.6 Å². The van der Waals surface area contributed by atoms with Crippen molar-refractivity contribution < 1.29 is 4.79 Å². The van der Waals surface area contributed by atoms with Gasteiger partial charge in [-0.25, -0.2) is 0 Å². The van der Waals surface area contributed by atoms with E-state index in [0.29, 0.717) is 6.42 Å². The number of aryl methyl sites for hydroxylation is 2. The second-order valence-corrected chi connectivity index (χ2v) is 3.49. The van der Waals surface area contributed by atoms with Crippen LogP contribution in [0.1, 0.15) is 30.9 Å². The molecule has 2 N–H and O–H groups in total. The molecule has 0 aliphatic heterocycles. The molecule has 1 amide bonds. The van der Waals surface area contributed by atoms with Crippen molar-refractivity contribution in [1.82, 2.24) is 0 Å². The SMILES string of the molecule is CCCC(N)=O.c1ccc2c(c1)CC2. The van der Waals surface area contributed by atoms with Crippen molar-refractivity contribution in [2.45, 2.75) is 32.6 Å². The minimum absolute atomic E-state index is 0.211. The molecule has 0 saturated heterocycles. The highest BCUT2D eigenvalue weighted by atomic mass is 16.1. The third-order valence-corrected chi connectivity index (χ3v) is 2.28. The molecule has 76 valence electrons. The Kier molecular flexibility index (Phi) is 4.17.